The highest BCUT2D eigenvalue weighted by Gasteiger charge is 2.06. The molecule has 2 heteroatoms. The first-order chi connectivity index (χ1) is 5.88. The molecule has 0 radical (unpaired) electrons. The highest BCUT2D eigenvalue weighted by molar-refractivity contribution is 9.09. The molecule has 0 amide bonds. The average molecular weight is 229 g/mol. The summed E-state index contributed by atoms with van der Waals surface area (Å²) in [6.45, 7) is 2.13. The van der Waals surface area contributed by atoms with Crippen molar-refractivity contribution in [1.82, 2.24) is 0 Å². The Hall–Kier alpha value is -0.340. The van der Waals surface area contributed by atoms with Crippen LogP contribution in [0, 0.1) is 0 Å². The third-order valence-electron chi connectivity index (χ3n) is 1.81. The summed E-state index contributed by atoms with van der Waals surface area (Å²) in [5.74, 6) is 0. The first-order valence-electron chi connectivity index (χ1n) is 4.11. The van der Waals surface area contributed by atoms with Crippen molar-refractivity contribution in [2.45, 2.75) is 19.4 Å². The van der Waals surface area contributed by atoms with Crippen LogP contribution in [0.4, 0.5) is 0 Å². The highest BCUT2D eigenvalue weighted by atomic mass is 79.9. The van der Waals surface area contributed by atoms with E-state index in [9.17, 15) is 0 Å². The van der Waals surface area contributed by atoms with Crippen LogP contribution in [0.3, 0.4) is 0 Å². The molecule has 1 aromatic rings. The van der Waals surface area contributed by atoms with Crippen molar-refractivity contribution in [3.63, 3.8) is 0 Å². The summed E-state index contributed by atoms with van der Waals surface area (Å²) in [6, 6.07) is 10.3. The minimum absolute atomic E-state index is 0.227. The van der Waals surface area contributed by atoms with E-state index < -0.39 is 0 Å². The lowest BCUT2D eigenvalue weighted by molar-refractivity contribution is 0.0901. The monoisotopic (exact) mass is 228 g/mol. The van der Waals surface area contributed by atoms with Gasteiger partial charge in [-0.05, 0) is 12.0 Å². The maximum absolute atomic E-state index is 5.49. The first-order valence-corrected chi connectivity index (χ1v) is 5.23. The van der Waals surface area contributed by atoms with E-state index in [1.165, 1.54) is 5.56 Å². The van der Waals surface area contributed by atoms with E-state index >= 15 is 0 Å². The molecule has 0 aliphatic heterocycles. The number of halogens is 1. The fourth-order valence-corrected chi connectivity index (χ4v) is 1.51. The van der Waals surface area contributed by atoms with E-state index in [4.69, 9.17) is 4.74 Å². The third-order valence-corrected chi connectivity index (χ3v) is 2.07. The molecule has 0 spiro atoms. The normalized spacial score (nSPS) is 12.8. The van der Waals surface area contributed by atoms with Gasteiger partial charge in [-0.1, -0.05) is 53.2 Å². The second kappa shape index (κ2) is 5.33. The molecule has 12 heavy (non-hydrogen) atoms. The van der Waals surface area contributed by atoms with Gasteiger partial charge in [0.25, 0.3) is 0 Å². The van der Waals surface area contributed by atoms with E-state index in [-0.39, 0.29) is 6.10 Å². The van der Waals surface area contributed by atoms with Gasteiger partial charge in [-0.25, -0.2) is 0 Å². The molecule has 1 unspecified atom stereocenters. The van der Waals surface area contributed by atoms with Gasteiger partial charge >= 0.3 is 0 Å². The third kappa shape index (κ3) is 2.61. The second-order valence-electron chi connectivity index (χ2n) is 2.58. The maximum Gasteiger partial charge on any atom is 0.102 e. The molecule has 1 atom stereocenters. The van der Waals surface area contributed by atoms with E-state index in [2.05, 4.69) is 35.0 Å². The van der Waals surface area contributed by atoms with Gasteiger partial charge in [-0.3, -0.25) is 0 Å². The fourth-order valence-electron chi connectivity index (χ4n) is 1.19. The zero-order chi connectivity index (χ0) is 8.81. The first kappa shape index (κ1) is 9.75. The zero-order valence-corrected chi connectivity index (χ0v) is 8.75. The van der Waals surface area contributed by atoms with E-state index in [1.807, 2.05) is 18.2 Å². The average Bonchev–Trinajstić information content (AvgIpc) is 2.15. The molecule has 1 aromatic carbocycles. The Morgan fingerprint density at radius 3 is 2.50 bits per heavy atom. The fraction of sp³-hybridized carbons (Fsp3) is 0.400. The molecular formula is C10H13BrO. The Labute approximate surface area is 81.9 Å². The molecule has 0 saturated heterocycles. The summed E-state index contributed by atoms with van der Waals surface area (Å²) < 4.78 is 5.49. The van der Waals surface area contributed by atoms with Crippen molar-refractivity contribution >= 4 is 15.9 Å². The number of alkyl halides is 1. The quantitative estimate of drug-likeness (QED) is 0.718. The lowest BCUT2D eigenvalue weighted by Crippen LogP contribution is -2.00. The number of hydrogen-bond donors (Lipinski definition) is 0. The van der Waals surface area contributed by atoms with Crippen LogP contribution < -0.4 is 0 Å². The van der Waals surface area contributed by atoms with Gasteiger partial charge in [0.15, 0.2) is 0 Å². The van der Waals surface area contributed by atoms with Crippen molar-refractivity contribution in [2.75, 3.05) is 5.52 Å². The summed E-state index contributed by atoms with van der Waals surface area (Å²) in [5.41, 5.74) is 1.85. The topological polar surface area (TPSA) is 9.23 Å². The van der Waals surface area contributed by atoms with Crippen LogP contribution >= 0.6 is 15.9 Å². The van der Waals surface area contributed by atoms with Crippen LogP contribution in [0.15, 0.2) is 30.3 Å². The summed E-state index contributed by atoms with van der Waals surface area (Å²) in [7, 11) is 0. The van der Waals surface area contributed by atoms with Crippen molar-refractivity contribution in [3.05, 3.63) is 35.9 Å². The Balaban J connectivity index is 2.66. The number of ether oxygens (including phenoxy) is 1. The summed E-state index contributed by atoms with van der Waals surface area (Å²) in [4.78, 5) is 0. The van der Waals surface area contributed by atoms with Crippen LogP contribution in [0.2, 0.25) is 0 Å². The van der Waals surface area contributed by atoms with Crippen LogP contribution in [-0.4, -0.2) is 5.52 Å². The second-order valence-corrected chi connectivity index (χ2v) is 3.04. The van der Waals surface area contributed by atoms with Gasteiger partial charge < -0.3 is 4.74 Å². The molecule has 66 valence electrons. The Kier molecular flexibility index (Phi) is 4.33. The van der Waals surface area contributed by atoms with Gasteiger partial charge in [0.05, 0.1) is 6.10 Å². The van der Waals surface area contributed by atoms with Gasteiger partial charge in [-0.15, -0.1) is 0 Å². The Morgan fingerprint density at radius 2 is 2.00 bits per heavy atom. The molecule has 0 aromatic heterocycles. The summed E-state index contributed by atoms with van der Waals surface area (Å²) in [5, 5.41) is 0. The Bertz CT molecular complexity index is 210. The number of hydrogen-bond acceptors (Lipinski definition) is 1. The predicted octanol–water partition coefficient (Wildman–Crippen LogP) is 3.51. The van der Waals surface area contributed by atoms with E-state index in [0.29, 0.717) is 5.52 Å². The number of rotatable bonds is 4. The van der Waals surface area contributed by atoms with E-state index in [1.54, 1.807) is 0 Å². The minimum Gasteiger partial charge on any atom is -0.362 e. The summed E-state index contributed by atoms with van der Waals surface area (Å²) in [6.07, 6.45) is 1.24. The van der Waals surface area contributed by atoms with Crippen LogP contribution in [0.5, 0.6) is 0 Å². The molecule has 0 aliphatic carbocycles. The molecule has 0 aliphatic rings. The van der Waals surface area contributed by atoms with Gasteiger partial charge in [0.1, 0.15) is 5.52 Å². The van der Waals surface area contributed by atoms with Gasteiger partial charge in [0, 0.05) is 0 Å². The largest absolute Gasteiger partial charge is 0.362 e. The molecule has 0 saturated carbocycles. The van der Waals surface area contributed by atoms with Gasteiger partial charge in [-0.2, -0.15) is 0 Å². The predicted molar refractivity (Wildman–Crippen MR) is 54.4 cm³/mol. The van der Waals surface area contributed by atoms with Crippen molar-refractivity contribution in [2.24, 2.45) is 0 Å². The lowest BCUT2D eigenvalue weighted by Gasteiger charge is -2.13. The SMILES string of the molecule is CCC(OCBr)c1ccccc1. The van der Waals surface area contributed by atoms with Crippen molar-refractivity contribution < 1.29 is 4.74 Å². The van der Waals surface area contributed by atoms with Crippen molar-refractivity contribution in [1.29, 1.82) is 0 Å². The zero-order valence-electron chi connectivity index (χ0n) is 7.16. The van der Waals surface area contributed by atoms with Gasteiger partial charge in [0.2, 0.25) is 0 Å². The maximum atomic E-state index is 5.49. The van der Waals surface area contributed by atoms with Crippen LogP contribution in [0.1, 0.15) is 25.0 Å². The lowest BCUT2D eigenvalue weighted by atomic mass is 10.1. The van der Waals surface area contributed by atoms with Crippen molar-refractivity contribution in [3.8, 4) is 0 Å². The molecule has 0 bridgehead atoms. The standard InChI is InChI=1S/C10H13BrO/c1-2-10(12-8-11)9-6-4-3-5-7-9/h3-7,10H,2,8H2,1H3. The van der Waals surface area contributed by atoms with Crippen LogP contribution in [-0.2, 0) is 4.74 Å². The molecule has 0 fully saturated rings. The smallest absolute Gasteiger partial charge is 0.102 e. The number of benzene rings is 1. The molecule has 1 rings (SSSR count). The summed E-state index contributed by atoms with van der Waals surface area (Å²) >= 11 is 3.27. The highest BCUT2D eigenvalue weighted by Crippen LogP contribution is 2.20. The van der Waals surface area contributed by atoms with Crippen LogP contribution in [0.25, 0.3) is 0 Å². The molecule has 0 N–H and O–H groups in total. The molecule has 0 heterocycles. The Morgan fingerprint density at radius 1 is 1.33 bits per heavy atom. The van der Waals surface area contributed by atoms with E-state index in [0.717, 1.165) is 6.42 Å². The minimum atomic E-state index is 0.227. The molecular weight excluding hydrogens is 216 g/mol. The molecule has 1 nitrogen and oxygen atoms in total.